The van der Waals surface area contributed by atoms with Gasteiger partial charge in [-0.15, -0.1) is 0 Å². The van der Waals surface area contributed by atoms with Crippen molar-refractivity contribution >= 4 is 5.97 Å². The number of carboxylic acids is 1. The molecule has 110 valence electrons. The minimum Gasteiger partial charge on any atom is -0.481 e. The van der Waals surface area contributed by atoms with Crippen molar-refractivity contribution in [2.24, 2.45) is 11.8 Å². The molecule has 0 radical (unpaired) electrons. The number of carboxylic acid groups (broad SMARTS) is 1. The predicted molar refractivity (Wildman–Crippen MR) is 80.7 cm³/mol. The van der Waals surface area contributed by atoms with Gasteiger partial charge in [-0.1, -0.05) is 38.1 Å². The van der Waals surface area contributed by atoms with Gasteiger partial charge in [-0.2, -0.15) is 0 Å². The second kappa shape index (κ2) is 6.89. The van der Waals surface area contributed by atoms with Gasteiger partial charge < -0.3 is 10.4 Å². The molecule has 1 aliphatic rings. The van der Waals surface area contributed by atoms with Gasteiger partial charge in [0.2, 0.25) is 0 Å². The Hall–Kier alpha value is -1.35. The average molecular weight is 275 g/mol. The van der Waals surface area contributed by atoms with Crippen molar-refractivity contribution in [3.8, 4) is 0 Å². The molecule has 1 atom stereocenters. The highest BCUT2D eigenvalue weighted by atomic mass is 16.4. The summed E-state index contributed by atoms with van der Waals surface area (Å²) in [6.45, 7) is 5.41. The molecule has 0 aliphatic heterocycles. The van der Waals surface area contributed by atoms with Gasteiger partial charge in [0.05, 0.1) is 5.92 Å². The van der Waals surface area contributed by atoms with Gasteiger partial charge in [-0.25, -0.2) is 0 Å². The fourth-order valence-corrected chi connectivity index (χ4v) is 2.56. The lowest BCUT2D eigenvalue weighted by atomic mass is 9.97. The Kier molecular flexibility index (Phi) is 5.18. The Bertz CT molecular complexity index is 435. The van der Waals surface area contributed by atoms with Crippen LogP contribution in [0.4, 0.5) is 0 Å². The van der Waals surface area contributed by atoms with Crippen LogP contribution >= 0.6 is 0 Å². The summed E-state index contributed by atoms with van der Waals surface area (Å²) in [6.07, 6.45) is 3.38. The second-order valence-corrected chi connectivity index (χ2v) is 6.31. The first-order valence-electron chi connectivity index (χ1n) is 7.58. The van der Waals surface area contributed by atoms with E-state index in [1.807, 2.05) is 0 Å². The van der Waals surface area contributed by atoms with E-state index < -0.39 is 5.97 Å². The van der Waals surface area contributed by atoms with Crippen LogP contribution in [-0.2, 0) is 11.3 Å². The summed E-state index contributed by atoms with van der Waals surface area (Å²) < 4.78 is 0. The third-order valence-corrected chi connectivity index (χ3v) is 3.85. The van der Waals surface area contributed by atoms with Gasteiger partial charge in [0.15, 0.2) is 0 Å². The molecule has 0 bridgehead atoms. The highest BCUT2D eigenvalue weighted by Crippen LogP contribution is 2.39. The summed E-state index contributed by atoms with van der Waals surface area (Å²) in [5.74, 6) is 0.214. The SMILES string of the molecule is CC(C)CC(CNCc1ccc(C2CC2)cc1)C(=O)O. The van der Waals surface area contributed by atoms with Crippen molar-refractivity contribution in [1.29, 1.82) is 0 Å². The van der Waals surface area contributed by atoms with Gasteiger partial charge >= 0.3 is 5.97 Å². The molecule has 0 aromatic heterocycles. The van der Waals surface area contributed by atoms with Gasteiger partial charge in [0.1, 0.15) is 0 Å². The van der Waals surface area contributed by atoms with E-state index in [-0.39, 0.29) is 5.92 Å². The molecule has 1 unspecified atom stereocenters. The van der Waals surface area contributed by atoms with Crippen LogP contribution in [0.3, 0.4) is 0 Å². The number of hydrogen-bond donors (Lipinski definition) is 2. The molecular weight excluding hydrogens is 250 g/mol. The molecule has 1 saturated carbocycles. The minimum atomic E-state index is -0.699. The summed E-state index contributed by atoms with van der Waals surface area (Å²) in [6, 6.07) is 8.71. The molecule has 1 fully saturated rings. The molecule has 0 spiro atoms. The fourth-order valence-electron chi connectivity index (χ4n) is 2.56. The predicted octanol–water partition coefficient (Wildman–Crippen LogP) is 3.40. The van der Waals surface area contributed by atoms with Gasteiger partial charge in [-0.3, -0.25) is 4.79 Å². The minimum absolute atomic E-state index is 0.291. The molecule has 3 nitrogen and oxygen atoms in total. The van der Waals surface area contributed by atoms with E-state index in [2.05, 4.69) is 43.4 Å². The Morgan fingerprint density at radius 3 is 2.45 bits per heavy atom. The first-order chi connectivity index (χ1) is 9.56. The molecular formula is C17H25NO2. The maximum Gasteiger partial charge on any atom is 0.307 e. The number of benzene rings is 1. The zero-order chi connectivity index (χ0) is 14.5. The summed E-state index contributed by atoms with van der Waals surface area (Å²) >= 11 is 0. The van der Waals surface area contributed by atoms with E-state index in [0.29, 0.717) is 12.5 Å². The Morgan fingerprint density at radius 1 is 1.30 bits per heavy atom. The standard InChI is InChI=1S/C17H25NO2/c1-12(2)9-16(17(19)20)11-18-10-13-3-5-14(6-4-13)15-7-8-15/h3-6,12,15-16,18H,7-11H2,1-2H3,(H,19,20). The third kappa shape index (κ3) is 4.64. The molecule has 0 heterocycles. The lowest BCUT2D eigenvalue weighted by Gasteiger charge is -2.15. The summed E-state index contributed by atoms with van der Waals surface area (Å²) in [5, 5.41) is 12.5. The van der Waals surface area contributed by atoms with Crippen molar-refractivity contribution in [2.75, 3.05) is 6.54 Å². The number of rotatable bonds is 8. The summed E-state index contributed by atoms with van der Waals surface area (Å²) in [4.78, 5) is 11.2. The largest absolute Gasteiger partial charge is 0.481 e. The number of carbonyl (C=O) groups is 1. The van der Waals surface area contributed by atoms with E-state index in [4.69, 9.17) is 0 Å². The van der Waals surface area contributed by atoms with E-state index in [1.54, 1.807) is 0 Å². The van der Waals surface area contributed by atoms with E-state index in [0.717, 1.165) is 18.9 Å². The molecule has 1 aromatic rings. The van der Waals surface area contributed by atoms with Crippen LogP contribution in [0.5, 0.6) is 0 Å². The van der Waals surface area contributed by atoms with Crippen molar-refractivity contribution in [3.05, 3.63) is 35.4 Å². The van der Waals surface area contributed by atoms with Crippen LogP contribution in [0, 0.1) is 11.8 Å². The van der Waals surface area contributed by atoms with Gasteiger partial charge in [-0.05, 0) is 42.2 Å². The number of hydrogen-bond acceptors (Lipinski definition) is 2. The smallest absolute Gasteiger partial charge is 0.307 e. The average Bonchev–Trinajstić information content (AvgIpc) is 3.22. The van der Waals surface area contributed by atoms with Crippen LogP contribution in [0.25, 0.3) is 0 Å². The molecule has 3 heteroatoms. The van der Waals surface area contributed by atoms with Crippen molar-refractivity contribution < 1.29 is 9.90 Å². The molecule has 0 saturated heterocycles. The zero-order valence-corrected chi connectivity index (χ0v) is 12.4. The molecule has 2 N–H and O–H groups in total. The highest BCUT2D eigenvalue weighted by molar-refractivity contribution is 5.70. The summed E-state index contributed by atoms with van der Waals surface area (Å²) in [7, 11) is 0. The van der Waals surface area contributed by atoms with Gasteiger partial charge in [0, 0.05) is 13.1 Å². The molecule has 20 heavy (non-hydrogen) atoms. The van der Waals surface area contributed by atoms with Crippen LogP contribution in [0.2, 0.25) is 0 Å². The second-order valence-electron chi connectivity index (χ2n) is 6.31. The van der Waals surface area contributed by atoms with Crippen molar-refractivity contribution in [2.45, 2.75) is 45.6 Å². The van der Waals surface area contributed by atoms with Crippen LogP contribution in [-0.4, -0.2) is 17.6 Å². The topological polar surface area (TPSA) is 49.3 Å². The molecule has 0 amide bonds. The Balaban J connectivity index is 1.77. The van der Waals surface area contributed by atoms with Crippen molar-refractivity contribution in [3.63, 3.8) is 0 Å². The molecule has 2 rings (SSSR count). The Morgan fingerprint density at radius 2 is 1.95 bits per heavy atom. The van der Waals surface area contributed by atoms with Crippen LogP contribution < -0.4 is 5.32 Å². The van der Waals surface area contributed by atoms with Crippen LogP contribution in [0.15, 0.2) is 24.3 Å². The maximum atomic E-state index is 11.2. The maximum absolute atomic E-state index is 11.2. The number of aliphatic carboxylic acids is 1. The molecule has 1 aromatic carbocycles. The first-order valence-corrected chi connectivity index (χ1v) is 7.58. The van der Waals surface area contributed by atoms with Crippen LogP contribution in [0.1, 0.15) is 50.2 Å². The van der Waals surface area contributed by atoms with Gasteiger partial charge in [0.25, 0.3) is 0 Å². The monoisotopic (exact) mass is 275 g/mol. The normalized spacial score (nSPS) is 16.4. The quantitative estimate of drug-likeness (QED) is 0.764. The van der Waals surface area contributed by atoms with E-state index >= 15 is 0 Å². The van der Waals surface area contributed by atoms with E-state index in [1.165, 1.54) is 24.0 Å². The lowest BCUT2D eigenvalue weighted by molar-refractivity contribution is -0.142. The Labute approximate surface area is 121 Å². The highest BCUT2D eigenvalue weighted by Gasteiger charge is 2.23. The summed E-state index contributed by atoms with van der Waals surface area (Å²) in [5.41, 5.74) is 2.67. The fraction of sp³-hybridized carbons (Fsp3) is 0.588. The molecule has 1 aliphatic carbocycles. The number of nitrogens with one attached hydrogen (secondary N) is 1. The first kappa shape index (κ1) is 15.0. The third-order valence-electron chi connectivity index (χ3n) is 3.85. The van der Waals surface area contributed by atoms with Crippen molar-refractivity contribution in [1.82, 2.24) is 5.32 Å². The lowest BCUT2D eigenvalue weighted by Crippen LogP contribution is -2.29. The zero-order valence-electron chi connectivity index (χ0n) is 12.4. The van der Waals surface area contributed by atoms with E-state index in [9.17, 15) is 9.90 Å².